The molecular weight excluding hydrogens is 234 g/mol. The minimum absolute atomic E-state index is 0.101. The van der Waals surface area contributed by atoms with Gasteiger partial charge in [0.05, 0.1) is 6.10 Å². The minimum Gasteiger partial charge on any atom is -0.508 e. The van der Waals surface area contributed by atoms with Crippen molar-refractivity contribution in [1.29, 1.82) is 0 Å². The molecule has 0 spiro atoms. The Balaban J connectivity index is 2.91. The lowest BCUT2D eigenvalue weighted by molar-refractivity contribution is 0.166. The average Bonchev–Trinajstić information content (AvgIpc) is 2.09. The molecule has 1 atom stereocenters. The summed E-state index contributed by atoms with van der Waals surface area (Å²) >= 11 is 3.26. The Labute approximate surface area is 85.3 Å². The van der Waals surface area contributed by atoms with Crippen LogP contribution in [0.25, 0.3) is 0 Å². The van der Waals surface area contributed by atoms with Crippen molar-refractivity contribution >= 4 is 15.9 Å². The van der Waals surface area contributed by atoms with Gasteiger partial charge in [-0.15, -0.1) is 0 Å². The van der Waals surface area contributed by atoms with Gasteiger partial charge < -0.3 is 15.9 Å². The van der Waals surface area contributed by atoms with Gasteiger partial charge in [-0.1, -0.05) is 15.9 Å². The van der Waals surface area contributed by atoms with E-state index in [9.17, 15) is 10.2 Å². The lowest BCUT2D eigenvalue weighted by atomic mass is 10.1. The van der Waals surface area contributed by atoms with E-state index in [1.54, 1.807) is 18.2 Å². The zero-order valence-corrected chi connectivity index (χ0v) is 8.66. The number of aliphatic hydroxyl groups is 1. The number of rotatable bonds is 3. The Morgan fingerprint density at radius 2 is 2.15 bits per heavy atom. The zero-order valence-electron chi connectivity index (χ0n) is 7.07. The lowest BCUT2D eigenvalue weighted by Gasteiger charge is -2.11. The third-order valence-corrected chi connectivity index (χ3v) is 2.28. The maximum absolute atomic E-state index is 9.56. The lowest BCUT2D eigenvalue weighted by Crippen LogP contribution is -2.06. The summed E-state index contributed by atoms with van der Waals surface area (Å²) in [7, 11) is 0. The molecule has 0 heterocycles. The van der Waals surface area contributed by atoms with Crippen LogP contribution >= 0.6 is 15.9 Å². The predicted octanol–water partition coefficient (Wildman–Crippen LogP) is 1.54. The van der Waals surface area contributed by atoms with E-state index in [-0.39, 0.29) is 5.75 Å². The number of hydrogen-bond donors (Lipinski definition) is 3. The molecule has 0 saturated carbocycles. The Morgan fingerprint density at radius 1 is 1.46 bits per heavy atom. The molecule has 0 unspecified atom stereocenters. The van der Waals surface area contributed by atoms with Crippen LogP contribution in [0.2, 0.25) is 0 Å². The van der Waals surface area contributed by atoms with Crippen LogP contribution in [0.5, 0.6) is 5.75 Å². The fourth-order valence-corrected chi connectivity index (χ4v) is 1.48. The van der Waals surface area contributed by atoms with Gasteiger partial charge in [0.1, 0.15) is 5.75 Å². The molecule has 0 saturated heterocycles. The Hall–Kier alpha value is -0.580. The summed E-state index contributed by atoms with van der Waals surface area (Å²) in [5.74, 6) is 0.101. The van der Waals surface area contributed by atoms with Gasteiger partial charge in [0.25, 0.3) is 0 Å². The summed E-state index contributed by atoms with van der Waals surface area (Å²) in [6.45, 7) is 0.396. The normalized spacial score (nSPS) is 12.8. The molecule has 0 bridgehead atoms. The second-order valence-corrected chi connectivity index (χ2v) is 3.71. The van der Waals surface area contributed by atoms with Gasteiger partial charge in [0.15, 0.2) is 0 Å². The van der Waals surface area contributed by atoms with E-state index in [0.29, 0.717) is 18.5 Å². The van der Waals surface area contributed by atoms with Crippen molar-refractivity contribution in [2.45, 2.75) is 12.5 Å². The summed E-state index contributed by atoms with van der Waals surface area (Å²) in [6.07, 6.45) is -0.244. The third-order valence-electron chi connectivity index (χ3n) is 1.79. The van der Waals surface area contributed by atoms with Crippen LogP contribution in [0.15, 0.2) is 22.7 Å². The van der Waals surface area contributed by atoms with Crippen LogP contribution in [0, 0.1) is 0 Å². The van der Waals surface area contributed by atoms with Crippen LogP contribution in [0.3, 0.4) is 0 Å². The molecule has 1 rings (SSSR count). The summed E-state index contributed by atoms with van der Waals surface area (Å²) in [5.41, 5.74) is 5.82. The fourth-order valence-electron chi connectivity index (χ4n) is 1.11. The second kappa shape index (κ2) is 4.60. The first-order valence-electron chi connectivity index (χ1n) is 4.01. The van der Waals surface area contributed by atoms with E-state index in [1.165, 1.54) is 0 Å². The summed E-state index contributed by atoms with van der Waals surface area (Å²) in [6, 6.07) is 4.95. The second-order valence-electron chi connectivity index (χ2n) is 2.80. The summed E-state index contributed by atoms with van der Waals surface area (Å²) in [4.78, 5) is 0. The maximum atomic E-state index is 9.56. The van der Waals surface area contributed by atoms with Crippen molar-refractivity contribution in [2.75, 3.05) is 6.54 Å². The topological polar surface area (TPSA) is 66.5 Å². The van der Waals surface area contributed by atoms with Gasteiger partial charge in [-0.3, -0.25) is 0 Å². The van der Waals surface area contributed by atoms with E-state index >= 15 is 0 Å². The summed E-state index contributed by atoms with van der Waals surface area (Å²) < 4.78 is 0.830. The average molecular weight is 246 g/mol. The largest absolute Gasteiger partial charge is 0.508 e. The predicted molar refractivity (Wildman–Crippen MR) is 54.4 cm³/mol. The van der Waals surface area contributed by atoms with Gasteiger partial charge in [0.2, 0.25) is 0 Å². The molecule has 0 amide bonds. The molecule has 0 aromatic heterocycles. The number of halogens is 1. The van der Waals surface area contributed by atoms with Crippen molar-refractivity contribution in [3.8, 4) is 5.75 Å². The number of aromatic hydroxyl groups is 1. The van der Waals surface area contributed by atoms with Gasteiger partial charge in [0, 0.05) is 10.0 Å². The quantitative estimate of drug-likeness (QED) is 0.757. The molecule has 13 heavy (non-hydrogen) atoms. The highest BCUT2D eigenvalue weighted by Gasteiger charge is 2.11. The van der Waals surface area contributed by atoms with Crippen LogP contribution in [-0.4, -0.2) is 16.8 Å². The first-order chi connectivity index (χ1) is 6.15. The van der Waals surface area contributed by atoms with E-state index in [4.69, 9.17) is 5.73 Å². The van der Waals surface area contributed by atoms with Gasteiger partial charge in [-0.2, -0.15) is 0 Å². The van der Waals surface area contributed by atoms with E-state index in [0.717, 1.165) is 4.47 Å². The number of nitrogens with two attached hydrogens (primary N) is 1. The van der Waals surface area contributed by atoms with Crippen molar-refractivity contribution < 1.29 is 10.2 Å². The molecule has 1 aromatic rings. The fraction of sp³-hybridized carbons (Fsp3) is 0.333. The molecule has 0 radical (unpaired) electrons. The smallest absolute Gasteiger partial charge is 0.121 e. The SMILES string of the molecule is NCC[C@H](O)c1cc(Br)ccc1O. The van der Waals surface area contributed by atoms with Crippen LogP contribution in [0.4, 0.5) is 0 Å². The van der Waals surface area contributed by atoms with Crippen molar-refractivity contribution in [1.82, 2.24) is 0 Å². The Morgan fingerprint density at radius 3 is 2.77 bits per heavy atom. The number of phenolic OH excluding ortho intramolecular Hbond substituents is 1. The molecule has 72 valence electrons. The highest BCUT2D eigenvalue weighted by atomic mass is 79.9. The van der Waals surface area contributed by atoms with E-state index < -0.39 is 6.10 Å². The molecular formula is C9H12BrNO2. The van der Waals surface area contributed by atoms with Crippen LogP contribution < -0.4 is 5.73 Å². The van der Waals surface area contributed by atoms with Crippen LogP contribution in [0.1, 0.15) is 18.1 Å². The molecule has 3 nitrogen and oxygen atoms in total. The van der Waals surface area contributed by atoms with Gasteiger partial charge in [-0.25, -0.2) is 0 Å². The number of hydrogen-bond acceptors (Lipinski definition) is 3. The molecule has 0 fully saturated rings. The van der Waals surface area contributed by atoms with E-state index in [2.05, 4.69) is 15.9 Å². The highest BCUT2D eigenvalue weighted by Crippen LogP contribution is 2.28. The van der Waals surface area contributed by atoms with Crippen LogP contribution in [-0.2, 0) is 0 Å². The highest BCUT2D eigenvalue weighted by molar-refractivity contribution is 9.10. The van der Waals surface area contributed by atoms with Gasteiger partial charge in [-0.05, 0) is 31.2 Å². The standard InChI is InChI=1S/C9H12BrNO2/c10-6-1-2-8(12)7(5-6)9(13)3-4-11/h1-2,5,9,12-13H,3-4,11H2/t9-/m0/s1. The number of benzene rings is 1. The number of phenols is 1. The third kappa shape index (κ3) is 2.69. The molecule has 0 aliphatic heterocycles. The van der Waals surface area contributed by atoms with Gasteiger partial charge >= 0.3 is 0 Å². The van der Waals surface area contributed by atoms with Crippen molar-refractivity contribution in [3.05, 3.63) is 28.2 Å². The molecule has 1 aromatic carbocycles. The number of aliphatic hydroxyl groups excluding tert-OH is 1. The molecule has 0 aliphatic carbocycles. The summed E-state index contributed by atoms with van der Waals surface area (Å²) in [5, 5.41) is 19.0. The Kier molecular flexibility index (Phi) is 3.71. The molecule has 4 N–H and O–H groups in total. The Bertz CT molecular complexity index is 291. The van der Waals surface area contributed by atoms with E-state index in [1.807, 2.05) is 0 Å². The monoisotopic (exact) mass is 245 g/mol. The maximum Gasteiger partial charge on any atom is 0.121 e. The first kappa shape index (κ1) is 10.5. The van der Waals surface area contributed by atoms with Crippen molar-refractivity contribution in [2.24, 2.45) is 5.73 Å². The zero-order chi connectivity index (χ0) is 9.84. The molecule has 0 aliphatic rings. The van der Waals surface area contributed by atoms with Crippen molar-refractivity contribution in [3.63, 3.8) is 0 Å². The first-order valence-corrected chi connectivity index (χ1v) is 4.81. The minimum atomic E-state index is -0.692. The molecule has 4 heteroatoms.